The summed E-state index contributed by atoms with van der Waals surface area (Å²) in [6.45, 7) is 3.44. The normalized spacial score (nSPS) is 10.3. The molecule has 0 radical (unpaired) electrons. The fourth-order valence-electron chi connectivity index (χ4n) is 1.85. The van der Waals surface area contributed by atoms with Crippen LogP contribution in [0, 0.1) is 0 Å². The van der Waals surface area contributed by atoms with E-state index >= 15 is 0 Å². The molecule has 20 heavy (non-hydrogen) atoms. The molecule has 0 spiro atoms. The summed E-state index contributed by atoms with van der Waals surface area (Å²) in [5.41, 5.74) is 0.756. The Kier molecular flexibility index (Phi) is 5.44. The zero-order valence-corrected chi connectivity index (χ0v) is 12.9. The van der Waals surface area contributed by atoms with E-state index in [9.17, 15) is 4.79 Å². The van der Waals surface area contributed by atoms with Gasteiger partial charge in [-0.15, -0.1) is 11.3 Å². The predicted molar refractivity (Wildman–Crippen MR) is 85.5 cm³/mol. The summed E-state index contributed by atoms with van der Waals surface area (Å²) in [5.74, 6) is 0. The lowest BCUT2D eigenvalue weighted by Crippen LogP contribution is -2.34. The minimum Gasteiger partial charge on any atom is -0.319 e. The smallest absolute Gasteiger partial charge is 0.319 e. The molecule has 0 saturated heterocycles. The van der Waals surface area contributed by atoms with Crippen molar-refractivity contribution in [1.29, 1.82) is 0 Å². The summed E-state index contributed by atoms with van der Waals surface area (Å²) in [5, 5.41) is 5.58. The number of nitrogens with zero attached hydrogens (tertiary/aromatic N) is 1. The molecule has 0 aliphatic carbocycles. The molecule has 3 nitrogen and oxygen atoms in total. The van der Waals surface area contributed by atoms with Crippen molar-refractivity contribution in [2.75, 3.05) is 11.9 Å². The van der Waals surface area contributed by atoms with Crippen molar-refractivity contribution in [3.05, 3.63) is 51.7 Å². The Bertz CT molecular complexity index is 540. The van der Waals surface area contributed by atoms with Gasteiger partial charge in [-0.1, -0.05) is 24.6 Å². The third kappa shape index (κ3) is 4.25. The molecule has 1 heterocycles. The van der Waals surface area contributed by atoms with E-state index in [1.807, 2.05) is 22.4 Å². The van der Waals surface area contributed by atoms with Crippen LogP contribution in [0.2, 0.25) is 5.02 Å². The molecule has 106 valence electrons. The van der Waals surface area contributed by atoms with Crippen molar-refractivity contribution in [3.63, 3.8) is 0 Å². The molecule has 2 rings (SSSR count). The monoisotopic (exact) mass is 308 g/mol. The lowest BCUT2D eigenvalue weighted by Gasteiger charge is -2.22. The maximum Gasteiger partial charge on any atom is 0.322 e. The first-order valence-corrected chi connectivity index (χ1v) is 7.78. The number of halogens is 1. The van der Waals surface area contributed by atoms with Gasteiger partial charge in [0.2, 0.25) is 0 Å². The highest BCUT2D eigenvalue weighted by Gasteiger charge is 2.13. The topological polar surface area (TPSA) is 32.3 Å². The van der Waals surface area contributed by atoms with Crippen LogP contribution < -0.4 is 5.32 Å². The van der Waals surface area contributed by atoms with Gasteiger partial charge in [0.25, 0.3) is 0 Å². The molecule has 1 N–H and O–H groups in total. The van der Waals surface area contributed by atoms with Crippen LogP contribution in [0.15, 0.2) is 41.8 Å². The first-order chi connectivity index (χ1) is 9.69. The van der Waals surface area contributed by atoms with E-state index in [0.29, 0.717) is 11.6 Å². The fourth-order valence-corrected chi connectivity index (χ4v) is 2.69. The third-order valence-electron chi connectivity index (χ3n) is 2.80. The molecule has 1 aromatic carbocycles. The molecule has 2 aromatic rings. The summed E-state index contributed by atoms with van der Waals surface area (Å²) >= 11 is 7.50. The second-order valence-corrected chi connectivity index (χ2v) is 5.91. The average molecular weight is 309 g/mol. The highest BCUT2D eigenvalue weighted by atomic mass is 35.5. The zero-order valence-electron chi connectivity index (χ0n) is 11.3. The van der Waals surface area contributed by atoms with Crippen molar-refractivity contribution in [2.24, 2.45) is 0 Å². The van der Waals surface area contributed by atoms with Gasteiger partial charge in [0, 0.05) is 22.1 Å². The molecule has 0 atom stereocenters. The zero-order chi connectivity index (χ0) is 14.4. The molecule has 0 unspecified atom stereocenters. The van der Waals surface area contributed by atoms with Crippen LogP contribution in [0.3, 0.4) is 0 Å². The van der Waals surface area contributed by atoms with Crippen LogP contribution in [0.25, 0.3) is 0 Å². The third-order valence-corrected chi connectivity index (χ3v) is 3.92. The van der Waals surface area contributed by atoms with Crippen LogP contribution >= 0.6 is 22.9 Å². The number of carbonyl (C=O) groups excluding carboxylic acids is 1. The number of anilines is 1. The Labute approximate surface area is 128 Å². The van der Waals surface area contributed by atoms with Crippen molar-refractivity contribution < 1.29 is 4.79 Å². The standard InChI is InChI=1S/C15H17ClN2OS/c1-2-9-18(11-14-4-3-10-20-14)15(19)17-13-7-5-12(16)6-8-13/h3-8,10H,2,9,11H2,1H3,(H,17,19). The lowest BCUT2D eigenvalue weighted by atomic mass is 10.3. The Hall–Kier alpha value is -1.52. The lowest BCUT2D eigenvalue weighted by molar-refractivity contribution is 0.209. The maximum atomic E-state index is 12.3. The van der Waals surface area contributed by atoms with Crippen LogP contribution in [-0.4, -0.2) is 17.5 Å². The molecule has 0 fully saturated rings. The molecule has 5 heteroatoms. The largest absolute Gasteiger partial charge is 0.322 e. The van der Waals surface area contributed by atoms with E-state index in [1.54, 1.807) is 35.6 Å². The number of thiophene rings is 1. The minimum absolute atomic E-state index is 0.0810. The second-order valence-electron chi connectivity index (χ2n) is 4.44. The summed E-state index contributed by atoms with van der Waals surface area (Å²) in [7, 11) is 0. The van der Waals surface area contributed by atoms with Gasteiger partial charge in [-0.3, -0.25) is 0 Å². The molecular formula is C15H17ClN2OS. The number of hydrogen-bond acceptors (Lipinski definition) is 2. The highest BCUT2D eigenvalue weighted by Crippen LogP contribution is 2.16. The first kappa shape index (κ1) is 14.9. The Morgan fingerprint density at radius 3 is 2.65 bits per heavy atom. The van der Waals surface area contributed by atoms with Crippen LogP contribution in [0.5, 0.6) is 0 Å². The summed E-state index contributed by atoms with van der Waals surface area (Å²) < 4.78 is 0. The van der Waals surface area contributed by atoms with Gasteiger partial charge in [0.05, 0.1) is 6.54 Å². The summed E-state index contributed by atoms with van der Waals surface area (Å²) in [6.07, 6.45) is 0.930. The number of rotatable bonds is 5. The van der Waals surface area contributed by atoms with E-state index in [0.717, 1.165) is 18.7 Å². The van der Waals surface area contributed by atoms with Crippen molar-refractivity contribution in [2.45, 2.75) is 19.9 Å². The Balaban J connectivity index is 2.01. The SMILES string of the molecule is CCCN(Cc1cccs1)C(=O)Nc1ccc(Cl)cc1. The number of hydrogen-bond donors (Lipinski definition) is 1. The van der Waals surface area contributed by atoms with E-state index in [4.69, 9.17) is 11.6 Å². The van der Waals surface area contributed by atoms with Gasteiger partial charge >= 0.3 is 6.03 Å². The number of amides is 2. The van der Waals surface area contributed by atoms with Crippen molar-refractivity contribution >= 4 is 34.7 Å². The number of carbonyl (C=O) groups is 1. The Morgan fingerprint density at radius 1 is 1.30 bits per heavy atom. The van der Waals surface area contributed by atoms with Gasteiger partial charge in [-0.2, -0.15) is 0 Å². The van der Waals surface area contributed by atoms with E-state index in [2.05, 4.69) is 12.2 Å². The maximum absolute atomic E-state index is 12.3. The molecule has 0 bridgehead atoms. The number of urea groups is 1. The quantitative estimate of drug-likeness (QED) is 0.841. The summed E-state index contributed by atoms with van der Waals surface area (Å²) in [6, 6.07) is 11.1. The number of nitrogens with one attached hydrogen (secondary N) is 1. The average Bonchev–Trinajstić information content (AvgIpc) is 2.94. The van der Waals surface area contributed by atoms with Gasteiger partial charge in [0.1, 0.15) is 0 Å². The molecule has 0 aliphatic heterocycles. The summed E-state index contributed by atoms with van der Waals surface area (Å²) in [4.78, 5) is 15.3. The molecule has 0 saturated carbocycles. The molecule has 1 aromatic heterocycles. The second kappa shape index (κ2) is 7.31. The fraction of sp³-hybridized carbons (Fsp3) is 0.267. The molecule has 0 aliphatic rings. The van der Waals surface area contributed by atoms with E-state index in [-0.39, 0.29) is 6.03 Å². The van der Waals surface area contributed by atoms with Gasteiger partial charge in [-0.25, -0.2) is 4.79 Å². The minimum atomic E-state index is -0.0810. The van der Waals surface area contributed by atoms with Crippen LogP contribution in [0.1, 0.15) is 18.2 Å². The Morgan fingerprint density at radius 2 is 2.05 bits per heavy atom. The van der Waals surface area contributed by atoms with E-state index in [1.165, 1.54) is 4.88 Å². The first-order valence-electron chi connectivity index (χ1n) is 6.53. The van der Waals surface area contributed by atoms with Gasteiger partial charge in [-0.05, 0) is 42.1 Å². The van der Waals surface area contributed by atoms with Crippen molar-refractivity contribution in [1.82, 2.24) is 4.90 Å². The number of benzene rings is 1. The highest BCUT2D eigenvalue weighted by molar-refractivity contribution is 7.09. The van der Waals surface area contributed by atoms with E-state index < -0.39 is 0 Å². The van der Waals surface area contributed by atoms with Gasteiger partial charge < -0.3 is 10.2 Å². The molecular weight excluding hydrogens is 292 g/mol. The van der Waals surface area contributed by atoms with Crippen LogP contribution in [0.4, 0.5) is 10.5 Å². The predicted octanol–water partition coefficient (Wildman–Crippen LogP) is 4.85. The van der Waals surface area contributed by atoms with Crippen molar-refractivity contribution in [3.8, 4) is 0 Å². The van der Waals surface area contributed by atoms with Crippen LogP contribution in [-0.2, 0) is 6.54 Å². The van der Waals surface area contributed by atoms with Gasteiger partial charge in [0.15, 0.2) is 0 Å². The molecule has 2 amide bonds.